The highest BCUT2D eigenvalue weighted by Crippen LogP contribution is 2.33. The molecule has 3 aromatic rings. The summed E-state index contributed by atoms with van der Waals surface area (Å²) in [6, 6.07) is 2.07. The van der Waals surface area contributed by atoms with Crippen molar-refractivity contribution in [3.8, 4) is 11.3 Å². The van der Waals surface area contributed by atoms with Gasteiger partial charge < -0.3 is 10.2 Å². The molecule has 0 amide bonds. The van der Waals surface area contributed by atoms with Gasteiger partial charge in [-0.25, -0.2) is 9.97 Å². The molecule has 4 nitrogen and oxygen atoms in total. The van der Waals surface area contributed by atoms with Crippen LogP contribution in [0, 0.1) is 13.8 Å². The molecule has 0 aliphatic heterocycles. The first-order valence-electron chi connectivity index (χ1n) is 5.21. The van der Waals surface area contributed by atoms with E-state index in [1.54, 1.807) is 0 Å². The maximum absolute atomic E-state index is 5.66. The average molecular weight is 245 g/mol. The number of nitrogen functional groups attached to an aromatic ring is 1. The Kier molecular flexibility index (Phi) is 2.16. The molecule has 1 aromatic carbocycles. The van der Waals surface area contributed by atoms with Crippen LogP contribution in [0.1, 0.15) is 11.1 Å². The molecule has 0 radical (unpaired) electrons. The lowest BCUT2D eigenvalue weighted by atomic mass is 10.0. The third kappa shape index (κ3) is 1.51. The summed E-state index contributed by atoms with van der Waals surface area (Å²) in [7, 11) is 0. The van der Waals surface area contributed by atoms with Crippen molar-refractivity contribution in [1.29, 1.82) is 0 Å². The van der Waals surface area contributed by atoms with E-state index in [1.165, 1.54) is 23.3 Å². The monoisotopic (exact) mass is 245 g/mol. The molecule has 0 aliphatic rings. The maximum Gasteiger partial charge on any atom is 0.182 e. The minimum Gasteiger partial charge on any atom is -0.443 e. The minimum absolute atomic E-state index is 0.561. The van der Waals surface area contributed by atoms with E-state index in [2.05, 4.69) is 23.0 Å². The van der Waals surface area contributed by atoms with E-state index in [0.29, 0.717) is 5.13 Å². The second kappa shape index (κ2) is 3.56. The van der Waals surface area contributed by atoms with Crippen molar-refractivity contribution in [2.45, 2.75) is 13.8 Å². The third-order valence-electron chi connectivity index (χ3n) is 2.92. The number of aryl methyl sites for hydroxylation is 2. The summed E-state index contributed by atoms with van der Waals surface area (Å²) in [6.45, 7) is 4.10. The Morgan fingerprint density at radius 3 is 2.88 bits per heavy atom. The van der Waals surface area contributed by atoms with E-state index < -0.39 is 0 Å². The topological polar surface area (TPSA) is 64.9 Å². The fourth-order valence-corrected chi connectivity index (χ4v) is 2.45. The molecule has 2 heterocycles. The van der Waals surface area contributed by atoms with Crippen LogP contribution in [0.25, 0.3) is 22.4 Å². The number of benzene rings is 1. The lowest BCUT2D eigenvalue weighted by molar-refractivity contribution is 0.603. The molecule has 2 aromatic heterocycles. The molecule has 3 rings (SSSR count). The second-order valence-corrected chi connectivity index (χ2v) is 4.86. The van der Waals surface area contributed by atoms with Crippen molar-refractivity contribution < 1.29 is 4.42 Å². The molecule has 0 saturated carbocycles. The van der Waals surface area contributed by atoms with Gasteiger partial charge in [-0.15, -0.1) is 11.3 Å². The fraction of sp³-hybridized carbons (Fsp3) is 0.167. The van der Waals surface area contributed by atoms with Crippen molar-refractivity contribution >= 4 is 27.6 Å². The lowest BCUT2D eigenvalue weighted by Crippen LogP contribution is -1.88. The van der Waals surface area contributed by atoms with Crippen molar-refractivity contribution in [1.82, 2.24) is 9.97 Å². The Bertz CT molecular complexity index is 699. The second-order valence-electron chi connectivity index (χ2n) is 3.97. The third-order valence-corrected chi connectivity index (χ3v) is 3.59. The molecule has 0 atom stereocenters. The predicted molar refractivity (Wildman–Crippen MR) is 69.0 cm³/mol. The summed E-state index contributed by atoms with van der Waals surface area (Å²) in [6.07, 6.45) is 1.47. The van der Waals surface area contributed by atoms with Crippen LogP contribution in [0.3, 0.4) is 0 Å². The summed E-state index contributed by atoms with van der Waals surface area (Å²) in [5, 5.41) is 2.49. The van der Waals surface area contributed by atoms with E-state index in [4.69, 9.17) is 10.2 Å². The molecule has 2 N–H and O–H groups in total. The minimum atomic E-state index is 0.561. The SMILES string of the molecule is Cc1cc(-c2csc(N)n2)c2ocnc2c1C. The first-order valence-corrected chi connectivity index (χ1v) is 6.09. The summed E-state index contributed by atoms with van der Waals surface area (Å²) in [5.74, 6) is 0. The van der Waals surface area contributed by atoms with Crippen LogP contribution in [0.15, 0.2) is 22.3 Å². The van der Waals surface area contributed by atoms with Gasteiger partial charge in [-0.3, -0.25) is 0 Å². The van der Waals surface area contributed by atoms with E-state index in [9.17, 15) is 0 Å². The molecule has 0 unspecified atom stereocenters. The van der Waals surface area contributed by atoms with Gasteiger partial charge in [-0.2, -0.15) is 0 Å². The molecule has 0 aliphatic carbocycles. The van der Waals surface area contributed by atoms with Crippen LogP contribution in [-0.4, -0.2) is 9.97 Å². The number of nitrogens with two attached hydrogens (primary N) is 1. The van der Waals surface area contributed by atoms with E-state index in [1.807, 2.05) is 12.3 Å². The summed E-state index contributed by atoms with van der Waals surface area (Å²) in [5.41, 5.74) is 11.4. The number of hydrogen-bond acceptors (Lipinski definition) is 5. The normalized spacial score (nSPS) is 11.2. The largest absolute Gasteiger partial charge is 0.443 e. The molecule has 17 heavy (non-hydrogen) atoms. The highest BCUT2D eigenvalue weighted by Gasteiger charge is 2.14. The maximum atomic E-state index is 5.66. The highest BCUT2D eigenvalue weighted by molar-refractivity contribution is 7.13. The van der Waals surface area contributed by atoms with Crippen LogP contribution in [0.5, 0.6) is 0 Å². The first kappa shape index (κ1) is 10.3. The molecule has 0 bridgehead atoms. The summed E-state index contributed by atoms with van der Waals surface area (Å²) < 4.78 is 5.46. The van der Waals surface area contributed by atoms with Gasteiger partial charge in [0.2, 0.25) is 0 Å². The zero-order valence-electron chi connectivity index (χ0n) is 9.52. The number of anilines is 1. The van der Waals surface area contributed by atoms with Crippen molar-refractivity contribution in [3.63, 3.8) is 0 Å². The number of thiazole rings is 1. The Balaban J connectivity index is 2.36. The molecule has 86 valence electrons. The van der Waals surface area contributed by atoms with Gasteiger partial charge in [-0.1, -0.05) is 0 Å². The van der Waals surface area contributed by atoms with Gasteiger partial charge in [-0.05, 0) is 31.0 Å². The Morgan fingerprint density at radius 1 is 1.35 bits per heavy atom. The van der Waals surface area contributed by atoms with Crippen molar-refractivity contribution in [2.24, 2.45) is 0 Å². The van der Waals surface area contributed by atoms with Gasteiger partial charge in [0.1, 0.15) is 5.52 Å². The van der Waals surface area contributed by atoms with Gasteiger partial charge in [0.05, 0.1) is 5.69 Å². The zero-order valence-corrected chi connectivity index (χ0v) is 10.3. The van der Waals surface area contributed by atoms with E-state index in [-0.39, 0.29) is 0 Å². The van der Waals surface area contributed by atoms with Gasteiger partial charge in [0, 0.05) is 10.9 Å². The molecule has 0 saturated heterocycles. The van der Waals surface area contributed by atoms with E-state index >= 15 is 0 Å². The quantitative estimate of drug-likeness (QED) is 0.715. The Labute approximate surface area is 102 Å². The molecule has 5 heteroatoms. The standard InChI is InChI=1S/C12H11N3OS/c1-6-3-8(9-4-17-12(13)15-9)11-10(7(6)2)14-5-16-11/h3-5H,1-2H3,(H2,13,15). The molecule has 0 spiro atoms. The van der Waals surface area contributed by atoms with Crippen LogP contribution in [0.4, 0.5) is 5.13 Å². The number of nitrogens with zero attached hydrogens (tertiary/aromatic N) is 2. The average Bonchev–Trinajstić information content (AvgIpc) is 2.92. The van der Waals surface area contributed by atoms with Crippen molar-refractivity contribution in [3.05, 3.63) is 29.0 Å². The number of aromatic nitrogens is 2. The number of oxazole rings is 1. The van der Waals surface area contributed by atoms with Crippen LogP contribution >= 0.6 is 11.3 Å². The van der Waals surface area contributed by atoms with Crippen LogP contribution in [-0.2, 0) is 0 Å². The van der Waals surface area contributed by atoms with Gasteiger partial charge >= 0.3 is 0 Å². The molecular formula is C12H11N3OS. The molecule has 0 fully saturated rings. The van der Waals surface area contributed by atoms with Gasteiger partial charge in [0.25, 0.3) is 0 Å². The fourth-order valence-electron chi connectivity index (χ4n) is 1.88. The van der Waals surface area contributed by atoms with Gasteiger partial charge in [0.15, 0.2) is 17.1 Å². The lowest BCUT2D eigenvalue weighted by Gasteiger charge is -2.04. The summed E-state index contributed by atoms with van der Waals surface area (Å²) >= 11 is 1.43. The number of fused-ring (bicyclic) bond motifs is 1. The first-order chi connectivity index (χ1) is 8.16. The Morgan fingerprint density at radius 2 is 2.18 bits per heavy atom. The van der Waals surface area contributed by atoms with Crippen LogP contribution in [0.2, 0.25) is 0 Å². The smallest absolute Gasteiger partial charge is 0.182 e. The molecular weight excluding hydrogens is 234 g/mol. The highest BCUT2D eigenvalue weighted by atomic mass is 32.1. The summed E-state index contributed by atoms with van der Waals surface area (Å²) in [4.78, 5) is 8.54. The Hall–Kier alpha value is -1.88. The van der Waals surface area contributed by atoms with Crippen molar-refractivity contribution in [2.75, 3.05) is 5.73 Å². The van der Waals surface area contributed by atoms with E-state index in [0.717, 1.165) is 27.9 Å². The van der Waals surface area contributed by atoms with Crippen LogP contribution < -0.4 is 5.73 Å². The number of rotatable bonds is 1. The zero-order chi connectivity index (χ0) is 12.0. The number of hydrogen-bond donors (Lipinski definition) is 1. The predicted octanol–water partition coefficient (Wildman–Crippen LogP) is 3.15.